The number of furan rings is 1. The molecule has 0 amide bonds. The molecule has 114 valence electrons. The van der Waals surface area contributed by atoms with Crippen molar-refractivity contribution in [1.82, 2.24) is 10.3 Å². The Labute approximate surface area is 135 Å². The Morgan fingerprint density at radius 3 is 2.77 bits per heavy atom. The van der Waals surface area contributed by atoms with Gasteiger partial charge in [-0.1, -0.05) is 31.2 Å². The molecule has 22 heavy (non-hydrogen) atoms. The van der Waals surface area contributed by atoms with Crippen LogP contribution in [0.3, 0.4) is 0 Å². The number of rotatable bonds is 7. The van der Waals surface area contributed by atoms with Crippen LogP contribution in [-0.4, -0.2) is 11.5 Å². The first-order chi connectivity index (χ1) is 10.8. The highest BCUT2D eigenvalue weighted by Crippen LogP contribution is 2.22. The maximum atomic E-state index is 5.29. The molecule has 0 atom stereocenters. The van der Waals surface area contributed by atoms with Crippen LogP contribution in [0, 0.1) is 0 Å². The minimum absolute atomic E-state index is 0.768. The van der Waals surface area contributed by atoms with Gasteiger partial charge in [-0.25, -0.2) is 4.98 Å². The van der Waals surface area contributed by atoms with Crippen LogP contribution in [0.5, 0.6) is 0 Å². The zero-order valence-corrected chi connectivity index (χ0v) is 13.5. The van der Waals surface area contributed by atoms with Crippen LogP contribution >= 0.6 is 11.3 Å². The lowest BCUT2D eigenvalue weighted by Crippen LogP contribution is -2.16. The fourth-order valence-electron chi connectivity index (χ4n) is 2.29. The lowest BCUT2D eigenvalue weighted by atomic mass is 10.1. The van der Waals surface area contributed by atoms with Gasteiger partial charge in [-0.2, -0.15) is 0 Å². The molecular weight excluding hydrogens is 292 g/mol. The Morgan fingerprint density at radius 2 is 2.05 bits per heavy atom. The minimum Gasteiger partial charge on any atom is -0.468 e. The second-order valence-corrected chi connectivity index (χ2v) is 6.13. The van der Waals surface area contributed by atoms with Crippen LogP contribution in [-0.2, 0) is 19.4 Å². The number of hydrogen-bond acceptors (Lipinski definition) is 4. The average molecular weight is 312 g/mol. The van der Waals surface area contributed by atoms with Crippen molar-refractivity contribution in [3.63, 3.8) is 0 Å². The van der Waals surface area contributed by atoms with E-state index in [2.05, 4.69) is 41.9 Å². The molecule has 3 rings (SSSR count). The number of benzene rings is 1. The fourth-order valence-corrected chi connectivity index (χ4v) is 3.10. The lowest BCUT2D eigenvalue weighted by Gasteiger charge is -2.01. The molecule has 0 aliphatic carbocycles. The molecule has 0 fully saturated rings. The molecule has 0 radical (unpaired) electrons. The van der Waals surface area contributed by atoms with Gasteiger partial charge in [0.25, 0.3) is 0 Å². The van der Waals surface area contributed by atoms with Crippen molar-refractivity contribution in [1.29, 1.82) is 0 Å². The van der Waals surface area contributed by atoms with Crippen molar-refractivity contribution in [2.75, 3.05) is 6.54 Å². The van der Waals surface area contributed by atoms with Crippen LogP contribution < -0.4 is 5.32 Å². The Kier molecular flexibility index (Phi) is 5.03. The molecule has 2 aromatic heterocycles. The van der Waals surface area contributed by atoms with Gasteiger partial charge < -0.3 is 9.73 Å². The third kappa shape index (κ3) is 3.84. The summed E-state index contributed by atoms with van der Waals surface area (Å²) < 4.78 is 5.29. The second-order valence-electron chi connectivity index (χ2n) is 5.18. The summed E-state index contributed by atoms with van der Waals surface area (Å²) >= 11 is 1.73. The molecule has 0 unspecified atom stereocenters. The van der Waals surface area contributed by atoms with Gasteiger partial charge >= 0.3 is 0 Å². The number of nitrogens with one attached hydrogen (secondary N) is 1. The smallest absolute Gasteiger partial charge is 0.117 e. The summed E-state index contributed by atoms with van der Waals surface area (Å²) in [6, 6.07) is 12.6. The van der Waals surface area contributed by atoms with E-state index >= 15 is 0 Å². The summed E-state index contributed by atoms with van der Waals surface area (Å²) in [6.07, 6.45) is 3.72. The van der Waals surface area contributed by atoms with Crippen LogP contribution in [0.1, 0.15) is 23.3 Å². The minimum atomic E-state index is 0.768. The molecule has 1 aromatic carbocycles. The summed E-state index contributed by atoms with van der Waals surface area (Å²) in [4.78, 5) is 4.73. The highest BCUT2D eigenvalue weighted by Gasteiger charge is 2.05. The molecule has 0 spiro atoms. The van der Waals surface area contributed by atoms with E-state index in [1.165, 1.54) is 16.1 Å². The number of aryl methyl sites for hydroxylation is 1. The second kappa shape index (κ2) is 7.38. The van der Waals surface area contributed by atoms with Gasteiger partial charge in [0.05, 0.1) is 23.5 Å². The fraction of sp³-hybridized carbons (Fsp3) is 0.278. The zero-order chi connectivity index (χ0) is 15.2. The largest absolute Gasteiger partial charge is 0.468 e. The summed E-state index contributed by atoms with van der Waals surface area (Å²) in [5.74, 6) is 0.968. The zero-order valence-electron chi connectivity index (χ0n) is 12.7. The van der Waals surface area contributed by atoms with Crippen molar-refractivity contribution in [2.24, 2.45) is 0 Å². The van der Waals surface area contributed by atoms with Gasteiger partial charge in [-0.15, -0.1) is 11.3 Å². The number of thiazole rings is 1. The van der Waals surface area contributed by atoms with E-state index in [1.54, 1.807) is 17.6 Å². The summed E-state index contributed by atoms with van der Waals surface area (Å²) in [6.45, 7) is 3.85. The van der Waals surface area contributed by atoms with E-state index < -0.39 is 0 Å². The molecule has 1 N–H and O–H groups in total. The Morgan fingerprint density at radius 1 is 1.18 bits per heavy atom. The standard InChI is InChI=1S/C18H20N2OS/c1-2-14-5-7-15(8-6-14)17-13-22-18(20-17)9-10-19-12-16-4-3-11-21-16/h3-8,11,13,19H,2,9-10,12H2,1H3. The molecule has 0 saturated heterocycles. The van der Waals surface area contributed by atoms with Gasteiger partial charge in [0, 0.05) is 23.9 Å². The lowest BCUT2D eigenvalue weighted by molar-refractivity contribution is 0.484. The number of hydrogen-bond donors (Lipinski definition) is 1. The van der Waals surface area contributed by atoms with Crippen molar-refractivity contribution in [2.45, 2.75) is 26.3 Å². The number of aromatic nitrogens is 1. The monoisotopic (exact) mass is 312 g/mol. The molecule has 0 aliphatic heterocycles. The summed E-state index contributed by atoms with van der Waals surface area (Å²) in [7, 11) is 0. The van der Waals surface area contributed by atoms with Crippen molar-refractivity contribution in [3.8, 4) is 11.3 Å². The van der Waals surface area contributed by atoms with E-state index in [-0.39, 0.29) is 0 Å². The van der Waals surface area contributed by atoms with E-state index in [0.717, 1.165) is 37.4 Å². The first-order valence-electron chi connectivity index (χ1n) is 7.62. The maximum Gasteiger partial charge on any atom is 0.117 e. The highest BCUT2D eigenvalue weighted by atomic mass is 32.1. The summed E-state index contributed by atoms with van der Waals surface area (Å²) in [5.41, 5.74) is 3.64. The van der Waals surface area contributed by atoms with Gasteiger partial charge in [0.1, 0.15) is 5.76 Å². The Bertz CT molecular complexity index is 686. The van der Waals surface area contributed by atoms with Gasteiger partial charge in [-0.3, -0.25) is 0 Å². The van der Waals surface area contributed by atoms with Crippen LogP contribution in [0.15, 0.2) is 52.5 Å². The predicted octanol–water partition coefficient (Wildman–Crippen LogP) is 4.30. The molecule has 0 bridgehead atoms. The summed E-state index contributed by atoms with van der Waals surface area (Å²) in [5, 5.41) is 6.68. The molecule has 0 aliphatic rings. The third-order valence-electron chi connectivity index (χ3n) is 3.60. The van der Waals surface area contributed by atoms with Gasteiger partial charge in [-0.05, 0) is 24.1 Å². The van der Waals surface area contributed by atoms with E-state index in [1.807, 2.05) is 12.1 Å². The van der Waals surface area contributed by atoms with E-state index in [4.69, 9.17) is 9.40 Å². The van der Waals surface area contributed by atoms with E-state index in [9.17, 15) is 0 Å². The SMILES string of the molecule is CCc1ccc(-c2csc(CCNCc3ccco3)n2)cc1. The Balaban J connectivity index is 1.52. The van der Waals surface area contributed by atoms with Crippen LogP contribution in [0.25, 0.3) is 11.3 Å². The highest BCUT2D eigenvalue weighted by molar-refractivity contribution is 7.09. The normalized spacial score (nSPS) is 11.0. The van der Waals surface area contributed by atoms with Crippen LogP contribution in [0.2, 0.25) is 0 Å². The topological polar surface area (TPSA) is 38.1 Å². The van der Waals surface area contributed by atoms with Crippen molar-refractivity contribution < 1.29 is 4.42 Å². The quantitative estimate of drug-likeness (QED) is 0.661. The van der Waals surface area contributed by atoms with E-state index in [0.29, 0.717) is 0 Å². The molecular formula is C18H20N2OS. The molecule has 4 heteroatoms. The number of nitrogens with zero attached hydrogens (tertiary/aromatic N) is 1. The average Bonchev–Trinajstić information content (AvgIpc) is 3.23. The molecule has 3 nitrogen and oxygen atoms in total. The van der Waals surface area contributed by atoms with Gasteiger partial charge in [0.2, 0.25) is 0 Å². The molecule has 3 aromatic rings. The molecule has 0 saturated carbocycles. The Hall–Kier alpha value is -1.91. The predicted molar refractivity (Wildman–Crippen MR) is 91.0 cm³/mol. The van der Waals surface area contributed by atoms with Gasteiger partial charge in [0.15, 0.2) is 0 Å². The maximum absolute atomic E-state index is 5.29. The third-order valence-corrected chi connectivity index (χ3v) is 4.51. The van der Waals surface area contributed by atoms with Crippen molar-refractivity contribution >= 4 is 11.3 Å². The molecule has 2 heterocycles. The van der Waals surface area contributed by atoms with Crippen LogP contribution in [0.4, 0.5) is 0 Å². The first kappa shape index (κ1) is 15.0. The van der Waals surface area contributed by atoms with Crippen molar-refractivity contribution in [3.05, 3.63) is 64.4 Å². The first-order valence-corrected chi connectivity index (χ1v) is 8.50.